The fourth-order valence-electron chi connectivity index (χ4n) is 3.19. The first-order chi connectivity index (χ1) is 17.9. The third-order valence-corrected chi connectivity index (χ3v) is 5.91. The molecule has 206 valence electrons. The van der Waals surface area contributed by atoms with E-state index in [0.29, 0.717) is 35.0 Å². The largest absolute Gasteiger partial charge is 1.00 e. The normalized spacial score (nSPS) is 13.5. The molecule has 1 aliphatic heterocycles. The van der Waals surface area contributed by atoms with Gasteiger partial charge < -0.3 is 26.9 Å². The Labute approximate surface area is 247 Å². The predicted octanol–water partition coefficient (Wildman–Crippen LogP) is 2.25. The molecule has 39 heavy (non-hydrogen) atoms. The van der Waals surface area contributed by atoms with E-state index in [0.717, 1.165) is 10.6 Å². The second-order valence-corrected chi connectivity index (χ2v) is 8.86. The van der Waals surface area contributed by atoms with Gasteiger partial charge in [-0.3, -0.25) is 16.4 Å². The third-order valence-electron chi connectivity index (χ3n) is 5.32. The molecule has 0 saturated heterocycles. The zero-order valence-corrected chi connectivity index (χ0v) is 23.0. The van der Waals surface area contributed by atoms with E-state index in [1.165, 1.54) is 24.3 Å². The Hall–Kier alpha value is -2.45. The van der Waals surface area contributed by atoms with Crippen LogP contribution in [-0.2, 0) is 0 Å². The van der Waals surface area contributed by atoms with Gasteiger partial charge in [0.15, 0.2) is 6.10 Å². The van der Waals surface area contributed by atoms with Crippen LogP contribution in [0.2, 0.25) is 10.0 Å². The number of nitrogens with one attached hydrogen (secondary N) is 3. The predicted molar refractivity (Wildman–Crippen MR) is 144 cm³/mol. The minimum atomic E-state index is -4.97. The minimum absolute atomic E-state index is 0. The number of nitrogens with zero attached hydrogens (tertiary/aromatic N) is 2. The second-order valence-electron chi connectivity index (χ2n) is 8.02. The average Bonchev–Trinajstić information content (AvgIpc) is 2.90. The number of alkyl halides is 3. The van der Waals surface area contributed by atoms with Crippen molar-refractivity contribution in [3.63, 3.8) is 0 Å². The number of amides is 2. The molecule has 1 atom stereocenters. The number of aliphatic hydroxyl groups is 1. The third kappa shape index (κ3) is 11.3. The molecule has 1 aliphatic rings. The molecule has 0 fully saturated rings. The minimum Gasteiger partial charge on any atom is -0.906 e. The summed E-state index contributed by atoms with van der Waals surface area (Å²) in [7, 11) is 0. The van der Waals surface area contributed by atoms with Gasteiger partial charge in [0, 0.05) is 10.6 Å². The molecule has 4 N–H and O–H groups in total. The van der Waals surface area contributed by atoms with Gasteiger partial charge in [-0.1, -0.05) is 42.6 Å². The molecule has 0 bridgehead atoms. The summed E-state index contributed by atoms with van der Waals surface area (Å²) in [5.41, 5.74) is 1.55. The molecule has 3 rings (SSSR count). The molecular weight excluding hydrogens is 549 g/mol. The molecule has 2 aromatic carbocycles. The van der Waals surface area contributed by atoms with Crippen LogP contribution in [0.15, 0.2) is 54.1 Å². The number of urea groups is 1. The van der Waals surface area contributed by atoms with Crippen molar-refractivity contribution in [2.75, 3.05) is 26.2 Å². The first-order valence-electron chi connectivity index (χ1n) is 11.5. The number of amidine groups is 1. The maximum Gasteiger partial charge on any atom is 1.00 e. The van der Waals surface area contributed by atoms with E-state index in [2.05, 4.69) is 16.7 Å². The molecule has 13 heteroatoms. The van der Waals surface area contributed by atoms with E-state index in [9.17, 15) is 28.5 Å². The fraction of sp³-hybridized carbons (Fsp3) is 0.308. The summed E-state index contributed by atoms with van der Waals surface area (Å²) in [6.45, 7) is 1.48. The number of carbonyl (C=O) groups is 1. The summed E-state index contributed by atoms with van der Waals surface area (Å²) >= 11 is 11.6. The van der Waals surface area contributed by atoms with E-state index >= 15 is 0 Å². The van der Waals surface area contributed by atoms with Crippen LogP contribution in [0.3, 0.4) is 0 Å². The molecule has 0 saturated carbocycles. The summed E-state index contributed by atoms with van der Waals surface area (Å²) in [5, 5.41) is 34.0. The van der Waals surface area contributed by atoms with Gasteiger partial charge in [0.2, 0.25) is 0 Å². The van der Waals surface area contributed by atoms with Crippen LogP contribution in [-0.4, -0.2) is 66.0 Å². The van der Waals surface area contributed by atoms with Crippen molar-refractivity contribution in [3.05, 3.63) is 93.2 Å². The molecular formula is C26H27Cl2F3LiN5O2-2. The van der Waals surface area contributed by atoms with Crippen LogP contribution in [0.4, 0.5) is 18.0 Å². The van der Waals surface area contributed by atoms with Crippen molar-refractivity contribution in [3.8, 4) is 0 Å². The SMILES string of the molecule is C[CH-]c1ccccc1Cl.[Li+].[N-]=C(CNC(=O)N(C[C@H](O)C(F)(F)F)C(=N)c1ccc(Cl)cc1)C1=[C-]CNCC1. The number of hydrogen-bond donors (Lipinski definition) is 4. The summed E-state index contributed by atoms with van der Waals surface area (Å²) < 4.78 is 38.4. The quantitative estimate of drug-likeness (QED) is 0.176. The van der Waals surface area contributed by atoms with Crippen molar-refractivity contribution in [2.45, 2.75) is 25.6 Å². The zero-order valence-electron chi connectivity index (χ0n) is 21.4. The van der Waals surface area contributed by atoms with E-state index in [1.54, 1.807) is 0 Å². The van der Waals surface area contributed by atoms with Crippen LogP contribution in [0.1, 0.15) is 24.5 Å². The van der Waals surface area contributed by atoms with Crippen LogP contribution in [0.25, 0.3) is 5.41 Å². The summed E-state index contributed by atoms with van der Waals surface area (Å²) in [6, 6.07) is 12.3. The van der Waals surface area contributed by atoms with Gasteiger partial charge in [0.05, 0.1) is 6.54 Å². The van der Waals surface area contributed by atoms with Gasteiger partial charge in [0.1, 0.15) is 5.84 Å². The second kappa shape index (κ2) is 16.6. The van der Waals surface area contributed by atoms with Gasteiger partial charge in [-0.05, 0) is 37.4 Å². The maximum absolute atomic E-state index is 12.8. The molecule has 0 unspecified atom stereocenters. The van der Waals surface area contributed by atoms with Crippen molar-refractivity contribution in [2.24, 2.45) is 0 Å². The molecule has 1 heterocycles. The Bertz CT molecular complexity index is 1150. The monoisotopic (exact) mass is 575 g/mol. The van der Waals surface area contributed by atoms with E-state index < -0.39 is 30.7 Å². The van der Waals surface area contributed by atoms with Gasteiger partial charge in [0.25, 0.3) is 0 Å². The van der Waals surface area contributed by atoms with Crippen LogP contribution in [0.5, 0.6) is 0 Å². The number of benzene rings is 2. The number of hydrogen-bond acceptors (Lipinski definition) is 4. The van der Waals surface area contributed by atoms with Crippen molar-refractivity contribution in [1.82, 2.24) is 15.5 Å². The van der Waals surface area contributed by atoms with Gasteiger partial charge >= 0.3 is 31.1 Å². The zero-order chi connectivity index (χ0) is 28.3. The summed E-state index contributed by atoms with van der Waals surface area (Å²) in [6.07, 6.45) is -2.46. The van der Waals surface area contributed by atoms with Crippen molar-refractivity contribution < 1.29 is 41.9 Å². The Morgan fingerprint density at radius 2 is 1.90 bits per heavy atom. The van der Waals surface area contributed by atoms with E-state index in [4.69, 9.17) is 28.6 Å². The van der Waals surface area contributed by atoms with Gasteiger partial charge in [-0.25, -0.2) is 10.4 Å². The average molecular weight is 576 g/mol. The van der Waals surface area contributed by atoms with Crippen molar-refractivity contribution in [1.29, 1.82) is 5.41 Å². The molecule has 7 nitrogen and oxygen atoms in total. The Morgan fingerprint density at radius 3 is 2.41 bits per heavy atom. The Morgan fingerprint density at radius 1 is 1.26 bits per heavy atom. The standard InChI is InChI=1S/C18H19ClF3N5O2.C8H8Cl.Li/c19-13-3-1-12(2-4-13)16(24)27(10-15(28)18(20,21)22)17(29)26-9-14(23)11-5-7-25-8-6-11;1-2-7-5-3-4-6-8(7)9;/h1-4,15,24-25,28H,5,7-10H2,(H,26,29);2-6H,1H3;/q-2;-1;+1/t15-;;/m0../s1. The number of halogens is 5. The van der Waals surface area contributed by atoms with Crippen LogP contribution in [0, 0.1) is 17.9 Å². The van der Waals surface area contributed by atoms with Crippen molar-refractivity contribution >= 4 is 40.8 Å². The molecule has 0 aliphatic carbocycles. The molecule has 0 radical (unpaired) electrons. The smallest absolute Gasteiger partial charge is 0.906 e. The first kappa shape index (κ1) is 34.6. The molecule has 2 aromatic rings. The van der Waals surface area contributed by atoms with Gasteiger partial charge in [-0.2, -0.15) is 42.8 Å². The fourth-order valence-corrected chi connectivity index (χ4v) is 3.56. The molecule has 0 aromatic heterocycles. The molecule has 2 amide bonds. The van der Waals surface area contributed by atoms with E-state index in [-0.39, 0.29) is 36.7 Å². The van der Waals surface area contributed by atoms with E-state index in [1.807, 2.05) is 37.6 Å². The van der Waals surface area contributed by atoms with Crippen LogP contribution >= 0.6 is 23.2 Å². The topological polar surface area (TPSA) is 111 Å². The summed E-state index contributed by atoms with van der Waals surface area (Å²) in [4.78, 5) is 12.9. The Kier molecular flexibility index (Phi) is 14.7. The Balaban J connectivity index is 0.000000643. The first-order valence-corrected chi connectivity index (χ1v) is 12.2. The van der Waals surface area contributed by atoms with Gasteiger partial charge in [-0.15, -0.1) is 12.1 Å². The number of aliphatic hydroxyl groups excluding tert-OH is 1. The maximum atomic E-state index is 12.8. The molecule has 0 spiro atoms. The number of rotatable bonds is 7. The summed E-state index contributed by atoms with van der Waals surface area (Å²) in [5.74, 6) is -0.561. The van der Waals surface area contributed by atoms with Crippen LogP contribution < -0.4 is 29.5 Å². The number of carbonyl (C=O) groups excluding carboxylic acids is 1.